The maximum Gasteiger partial charge on any atom is 0.237 e. The molecule has 1 unspecified atom stereocenters. The third kappa shape index (κ3) is 2.61. The van der Waals surface area contributed by atoms with Gasteiger partial charge in [-0.2, -0.15) is 0 Å². The number of rotatable bonds is 4. The zero-order valence-electron chi connectivity index (χ0n) is 12.8. The number of amides is 1. The predicted octanol–water partition coefficient (Wildman–Crippen LogP) is 2.95. The van der Waals surface area contributed by atoms with Gasteiger partial charge in [0.05, 0.1) is 17.3 Å². The lowest BCUT2D eigenvalue weighted by atomic mass is 10.2. The zero-order chi connectivity index (χ0) is 16.5. The standard InChI is InChI=1S/C16H14N6OS/c1-9(24-16-13-14(19-7-18-13)20-8-21-16)15(23)22-12-4-2-3-11-10(12)5-6-17-11/h2-9,17H,1H3,(H,22,23)(H,18,19,20,21). The molecule has 0 saturated heterocycles. The fourth-order valence-corrected chi connectivity index (χ4v) is 3.36. The Morgan fingerprint density at radius 1 is 1.21 bits per heavy atom. The van der Waals surface area contributed by atoms with Crippen molar-refractivity contribution in [3.05, 3.63) is 43.1 Å². The Bertz CT molecular complexity index is 1020. The van der Waals surface area contributed by atoms with Crippen molar-refractivity contribution in [3.63, 3.8) is 0 Å². The Morgan fingerprint density at radius 3 is 3.04 bits per heavy atom. The SMILES string of the molecule is CC(Sc1ncnc2nc[nH]c12)C(=O)Nc1cccc2[nH]ccc12. The van der Waals surface area contributed by atoms with E-state index < -0.39 is 0 Å². The highest BCUT2D eigenvalue weighted by Crippen LogP contribution is 2.28. The van der Waals surface area contributed by atoms with E-state index in [-0.39, 0.29) is 11.2 Å². The van der Waals surface area contributed by atoms with Crippen LogP contribution in [0.5, 0.6) is 0 Å². The number of hydrogen-bond acceptors (Lipinski definition) is 5. The van der Waals surface area contributed by atoms with Crippen molar-refractivity contribution in [3.8, 4) is 0 Å². The van der Waals surface area contributed by atoms with Crippen molar-refractivity contribution in [1.82, 2.24) is 24.9 Å². The molecular weight excluding hydrogens is 324 g/mol. The van der Waals surface area contributed by atoms with E-state index in [0.29, 0.717) is 10.7 Å². The van der Waals surface area contributed by atoms with Gasteiger partial charge in [-0.25, -0.2) is 15.0 Å². The number of nitrogens with one attached hydrogen (secondary N) is 3. The van der Waals surface area contributed by atoms with Gasteiger partial charge in [0.2, 0.25) is 5.91 Å². The molecule has 1 atom stereocenters. The number of H-pyrrole nitrogens is 2. The molecule has 0 radical (unpaired) electrons. The topological polar surface area (TPSA) is 99.3 Å². The number of carbonyl (C=O) groups is 1. The minimum atomic E-state index is -0.319. The second-order valence-electron chi connectivity index (χ2n) is 5.27. The van der Waals surface area contributed by atoms with Crippen LogP contribution in [0.1, 0.15) is 6.92 Å². The highest BCUT2D eigenvalue weighted by molar-refractivity contribution is 8.00. The molecule has 3 N–H and O–H groups in total. The van der Waals surface area contributed by atoms with Gasteiger partial charge in [0.25, 0.3) is 0 Å². The fraction of sp³-hybridized carbons (Fsp3) is 0.125. The van der Waals surface area contributed by atoms with Crippen LogP contribution in [0.3, 0.4) is 0 Å². The third-order valence-electron chi connectivity index (χ3n) is 3.70. The van der Waals surface area contributed by atoms with E-state index in [1.54, 1.807) is 6.33 Å². The van der Waals surface area contributed by atoms with E-state index >= 15 is 0 Å². The fourth-order valence-electron chi connectivity index (χ4n) is 2.48. The van der Waals surface area contributed by atoms with Crippen LogP contribution in [0.15, 0.2) is 48.1 Å². The highest BCUT2D eigenvalue weighted by atomic mass is 32.2. The van der Waals surface area contributed by atoms with Crippen LogP contribution in [0, 0.1) is 0 Å². The molecular formula is C16H14N6OS. The molecule has 0 spiro atoms. The van der Waals surface area contributed by atoms with E-state index in [1.807, 2.05) is 37.4 Å². The third-order valence-corrected chi connectivity index (χ3v) is 4.80. The molecule has 3 aromatic heterocycles. The molecule has 3 heterocycles. The smallest absolute Gasteiger partial charge is 0.237 e. The number of carbonyl (C=O) groups excluding carboxylic acids is 1. The van der Waals surface area contributed by atoms with Crippen LogP contribution in [0.2, 0.25) is 0 Å². The van der Waals surface area contributed by atoms with Gasteiger partial charge in [-0.05, 0) is 25.1 Å². The number of anilines is 1. The van der Waals surface area contributed by atoms with Crippen molar-refractivity contribution < 1.29 is 4.79 Å². The summed E-state index contributed by atoms with van der Waals surface area (Å²) in [6.07, 6.45) is 4.88. The Hall–Kier alpha value is -2.87. The Balaban J connectivity index is 1.54. The average Bonchev–Trinajstić information content (AvgIpc) is 3.24. The summed E-state index contributed by atoms with van der Waals surface area (Å²) in [6, 6.07) is 7.72. The maximum atomic E-state index is 12.5. The van der Waals surface area contributed by atoms with Gasteiger partial charge in [-0.15, -0.1) is 0 Å². The monoisotopic (exact) mass is 338 g/mol. The largest absolute Gasteiger partial charge is 0.361 e. The van der Waals surface area contributed by atoms with Gasteiger partial charge in [0, 0.05) is 17.1 Å². The first-order chi connectivity index (χ1) is 11.7. The molecule has 8 heteroatoms. The summed E-state index contributed by atoms with van der Waals surface area (Å²) < 4.78 is 0. The maximum absolute atomic E-state index is 12.5. The number of fused-ring (bicyclic) bond motifs is 2. The molecule has 1 amide bonds. The number of aromatic amines is 2. The Morgan fingerprint density at radius 2 is 2.12 bits per heavy atom. The van der Waals surface area contributed by atoms with Crippen LogP contribution in [-0.4, -0.2) is 36.1 Å². The molecule has 120 valence electrons. The average molecular weight is 338 g/mol. The first-order valence-corrected chi connectivity index (χ1v) is 8.28. The van der Waals surface area contributed by atoms with Gasteiger partial charge < -0.3 is 15.3 Å². The number of imidazole rings is 1. The molecule has 1 aromatic carbocycles. The highest BCUT2D eigenvalue weighted by Gasteiger charge is 2.18. The summed E-state index contributed by atoms with van der Waals surface area (Å²) in [4.78, 5) is 31.1. The second kappa shape index (κ2) is 5.97. The number of nitrogens with zero attached hydrogens (tertiary/aromatic N) is 3. The summed E-state index contributed by atoms with van der Waals surface area (Å²) in [6.45, 7) is 1.85. The van der Waals surface area contributed by atoms with Crippen molar-refractivity contribution in [2.45, 2.75) is 17.2 Å². The van der Waals surface area contributed by atoms with Crippen LogP contribution >= 0.6 is 11.8 Å². The Kier molecular flexibility index (Phi) is 3.66. The number of hydrogen-bond donors (Lipinski definition) is 3. The van der Waals surface area contributed by atoms with Crippen molar-refractivity contribution in [1.29, 1.82) is 0 Å². The first kappa shape index (κ1) is 14.7. The van der Waals surface area contributed by atoms with Crippen LogP contribution in [0.25, 0.3) is 22.1 Å². The second-order valence-corrected chi connectivity index (χ2v) is 6.60. The minimum Gasteiger partial charge on any atom is -0.361 e. The number of benzene rings is 1. The normalized spacial score (nSPS) is 12.5. The van der Waals surface area contributed by atoms with Crippen LogP contribution in [0.4, 0.5) is 5.69 Å². The summed E-state index contributed by atoms with van der Waals surface area (Å²) >= 11 is 1.37. The summed E-state index contributed by atoms with van der Waals surface area (Å²) in [5, 5.41) is 4.36. The van der Waals surface area contributed by atoms with E-state index in [9.17, 15) is 4.79 Å². The molecule has 4 aromatic rings. The minimum absolute atomic E-state index is 0.0834. The summed E-state index contributed by atoms with van der Waals surface area (Å²) in [5.41, 5.74) is 3.12. The van der Waals surface area contributed by atoms with Crippen molar-refractivity contribution in [2.75, 3.05) is 5.32 Å². The molecule has 24 heavy (non-hydrogen) atoms. The van der Waals surface area contributed by atoms with Gasteiger partial charge in [-0.1, -0.05) is 17.8 Å². The molecule has 0 aliphatic carbocycles. The van der Waals surface area contributed by atoms with E-state index in [0.717, 1.165) is 22.1 Å². The zero-order valence-corrected chi connectivity index (χ0v) is 13.6. The number of thioether (sulfide) groups is 1. The van der Waals surface area contributed by atoms with E-state index in [1.165, 1.54) is 18.1 Å². The predicted molar refractivity (Wildman–Crippen MR) is 93.9 cm³/mol. The lowest BCUT2D eigenvalue weighted by Gasteiger charge is -2.12. The summed E-state index contributed by atoms with van der Waals surface area (Å²) in [7, 11) is 0. The van der Waals surface area contributed by atoms with Crippen molar-refractivity contribution >= 4 is 45.4 Å². The van der Waals surface area contributed by atoms with E-state index in [4.69, 9.17) is 0 Å². The quantitative estimate of drug-likeness (QED) is 0.392. The first-order valence-electron chi connectivity index (χ1n) is 7.40. The van der Waals surface area contributed by atoms with Crippen LogP contribution in [-0.2, 0) is 4.79 Å². The van der Waals surface area contributed by atoms with Gasteiger partial charge in [0.15, 0.2) is 5.65 Å². The molecule has 7 nitrogen and oxygen atoms in total. The van der Waals surface area contributed by atoms with Gasteiger partial charge in [-0.3, -0.25) is 4.79 Å². The van der Waals surface area contributed by atoms with Crippen molar-refractivity contribution in [2.24, 2.45) is 0 Å². The lowest BCUT2D eigenvalue weighted by Crippen LogP contribution is -2.22. The molecule has 0 fully saturated rings. The molecule has 0 saturated carbocycles. The molecule has 0 aliphatic rings. The Labute approximate surface area is 141 Å². The van der Waals surface area contributed by atoms with Gasteiger partial charge >= 0.3 is 0 Å². The van der Waals surface area contributed by atoms with E-state index in [2.05, 4.69) is 30.2 Å². The summed E-state index contributed by atoms with van der Waals surface area (Å²) in [5.74, 6) is -0.0834. The molecule has 0 bridgehead atoms. The molecule has 0 aliphatic heterocycles. The lowest BCUT2D eigenvalue weighted by molar-refractivity contribution is -0.115. The van der Waals surface area contributed by atoms with Gasteiger partial charge in [0.1, 0.15) is 16.9 Å². The number of aromatic nitrogens is 5. The molecule has 4 rings (SSSR count). The van der Waals surface area contributed by atoms with Crippen LogP contribution < -0.4 is 5.32 Å².